The first kappa shape index (κ1) is 21.6. The lowest BCUT2D eigenvalue weighted by molar-refractivity contribution is -0.118. The molecule has 7 heteroatoms. The molecule has 5 nitrogen and oxygen atoms in total. The Kier molecular flexibility index (Phi) is 7.30. The predicted octanol–water partition coefficient (Wildman–Crippen LogP) is 4.63. The molecule has 3 aromatic rings. The molecule has 2 aromatic carbocycles. The first-order chi connectivity index (χ1) is 14.5. The number of carbonyl (C=O) groups is 1. The number of ether oxygens (including phenoxy) is 1. The maximum Gasteiger partial charge on any atom is 0.250 e. The highest BCUT2D eigenvalue weighted by Crippen LogP contribution is 2.22. The highest BCUT2D eigenvalue weighted by atomic mass is 32.2. The summed E-state index contributed by atoms with van der Waals surface area (Å²) in [6.07, 6.45) is 1.59. The van der Waals surface area contributed by atoms with Crippen molar-refractivity contribution in [2.75, 3.05) is 12.9 Å². The fourth-order valence-electron chi connectivity index (χ4n) is 3.11. The van der Waals surface area contributed by atoms with E-state index < -0.39 is 0 Å². The number of halogens is 1. The van der Waals surface area contributed by atoms with E-state index in [2.05, 4.69) is 10.5 Å². The number of hydrazone groups is 1. The summed E-state index contributed by atoms with van der Waals surface area (Å²) in [6, 6.07) is 16.3. The van der Waals surface area contributed by atoms with Crippen molar-refractivity contribution in [3.8, 4) is 11.4 Å². The van der Waals surface area contributed by atoms with Gasteiger partial charge < -0.3 is 9.30 Å². The number of hydrogen-bond donors (Lipinski definition) is 1. The van der Waals surface area contributed by atoms with Crippen LogP contribution in [0.2, 0.25) is 0 Å². The smallest absolute Gasteiger partial charge is 0.250 e. The van der Waals surface area contributed by atoms with Gasteiger partial charge in [0.15, 0.2) is 0 Å². The first-order valence-electron chi connectivity index (χ1n) is 9.46. The maximum absolute atomic E-state index is 14.2. The number of aromatic nitrogens is 1. The van der Waals surface area contributed by atoms with Crippen molar-refractivity contribution in [3.63, 3.8) is 0 Å². The zero-order valence-electron chi connectivity index (χ0n) is 17.2. The van der Waals surface area contributed by atoms with E-state index in [0.717, 1.165) is 34.0 Å². The summed E-state index contributed by atoms with van der Waals surface area (Å²) in [5.41, 5.74) is 6.73. The Morgan fingerprint density at radius 2 is 1.93 bits per heavy atom. The van der Waals surface area contributed by atoms with Gasteiger partial charge in [0.25, 0.3) is 0 Å². The van der Waals surface area contributed by atoms with E-state index in [-0.39, 0.29) is 11.7 Å². The topological polar surface area (TPSA) is 55.6 Å². The number of carbonyl (C=O) groups excluding carboxylic acids is 1. The van der Waals surface area contributed by atoms with Gasteiger partial charge in [0.1, 0.15) is 11.6 Å². The summed E-state index contributed by atoms with van der Waals surface area (Å²) >= 11 is 1.51. The molecule has 0 fully saturated rings. The van der Waals surface area contributed by atoms with Gasteiger partial charge >= 0.3 is 0 Å². The van der Waals surface area contributed by atoms with Crippen molar-refractivity contribution in [1.29, 1.82) is 0 Å². The molecule has 0 unspecified atom stereocenters. The fourth-order valence-corrected chi connectivity index (χ4v) is 3.89. The molecule has 0 bridgehead atoms. The average Bonchev–Trinajstić information content (AvgIpc) is 3.02. The van der Waals surface area contributed by atoms with Gasteiger partial charge in [-0.2, -0.15) is 5.10 Å². The lowest BCUT2D eigenvalue weighted by Crippen LogP contribution is -2.19. The monoisotopic (exact) mass is 425 g/mol. The van der Waals surface area contributed by atoms with Crippen LogP contribution < -0.4 is 10.2 Å². The van der Waals surface area contributed by atoms with Gasteiger partial charge in [-0.15, -0.1) is 11.8 Å². The van der Waals surface area contributed by atoms with E-state index >= 15 is 0 Å². The van der Waals surface area contributed by atoms with Gasteiger partial charge in [0.05, 0.1) is 24.8 Å². The molecule has 0 spiro atoms. The Bertz CT molecular complexity index is 1050. The molecule has 1 amide bonds. The Hall–Kier alpha value is -3.06. The van der Waals surface area contributed by atoms with Crippen molar-refractivity contribution >= 4 is 23.9 Å². The first-order valence-corrected chi connectivity index (χ1v) is 10.6. The molecule has 0 aliphatic heterocycles. The number of methoxy groups -OCH3 is 1. The van der Waals surface area contributed by atoms with Crippen LogP contribution in [0.4, 0.5) is 4.39 Å². The SMILES string of the molecule is COc1ccc(CSCC(=O)N/N=C/c2cc(C)n(-c3ccccc3F)c2C)cc1. The number of para-hydroxylation sites is 1. The summed E-state index contributed by atoms with van der Waals surface area (Å²) in [7, 11) is 1.63. The second-order valence-corrected chi connectivity index (χ2v) is 7.73. The quantitative estimate of drug-likeness (QED) is 0.423. The summed E-state index contributed by atoms with van der Waals surface area (Å²) in [6.45, 7) is 3.80. The van der Waals surface area contributed by atoms with Gasteiger partial charge in [0, 0.05) is 22.7 Å². The lowest BCUT2D eigenvalue weighted by Gasteiger charge is -2.10. The van der Waals surface area contributed by atoms with Crippen LogP contribution >= 0.6 is 11.8 Å². The van der Waals surface area contributed by atoms with Gasteiger partial charge in [-0.05, 0) is 49.7 Å². The molecule has 0 radical (unpaired) electrons. The number of benzene rings is 2. The van der Waals surface area contributed by atoms with Crippen LogP contribution in [0.1, 0.15) is 22.5 Å². The number of nitrogens with one attached hydrogen (secondary N) is 1. The fraction of sp³-hybridized carbons (Fsp3) is 0.217. The highest BCUT2D eigenvalue weighted by molar-refractivity contribution is 7.99. The lowest BCUT2D eigenvalue weighted by atomic mass is 10.2. The zero-order chi connectivity index (χ0) is 21.5. The van der Waals surface area contributed by atoms with Crippen LogP contribution in [0.3, 0.4) is 0 Å². The van der Waals surface area contributed by atoms with Crippen LogP contribution in [-0.2, 0) is 10.5 Å². The van der Waals surface area contributed by atoms with E-state index in [4.69, 9.17) is 4.74 Å². The minimum atomic E-state index is -0.287. The van der Waals surface area contributed by atoms with Gasteiger partial charge in [-0.1, -0.05) is 24.3 Å². The Morgan fingerprint density at radius 1 is 1.20 bits per heavy atom. The second kappa shape index (κ2) is 10.1. The van der Waals surface area contributed by atoms with Crippen molar-refractivity contribution in [2.45, 2.75) is 19.6 Å². The van der Waals surface area contributed by atoms with Crippen LogP contribution in [0, 0.1) is 19.7 Å². The number of thioether (sulfide) groups is 1. The van der Waals surface area contributed by atoms with Crippen LogP contribution in [0.5, 0.6) is 5.75 Å². The minimum absolute atomic E-state index is 0.173. The normalized spacial score (nSPS) is 11.1. The van der Waals surface area contributed by atoms with E-state index in [0.29, 0.717) is 11.4 Å². The molecule has 156 valence electrons. The molecule has 3 rings (SSSR count). The van der Waals surface area contributed by atoms with Crippen molar-refractivity contribution in [1.82, 2.24) is 9.99 Å². The molecule has 0 aliphatic rings. The van der Waals surface area contributed by atoms with Crippen LogP contribution in [-0.4, -0.2) is 29.6 Å². The number of rotatable bonds is 8. The molecule has 1 aromatic heterocycles. The van der Waals surface area contributed by atoms with E-state index in [1.165, 1.54) is 17.8 Å². The Balaban J connectivity index is 1.54. The summed E-state index contributed by atoms with van der Waals surface area (Å²) in [4.78, 5) is 12.0. The van der Waals surface area contributed by atoms with Crippen molar-refractivity contribution < 1.29 is 13.9 Å². The third-order valence-electron chi connectivity index (χ3n) is 4.62. The van der Waals surface area contributed by atoms with Gasteiger partial charge in [-0.25, -0.2) is 9.82 Å². The molecular weight excluding hydrogens is 401 g/mol. The average molecular weight is 426 g/mol. The Morgan fingerprint density at radius 3 is 2.63 bits per heavy atom. The molecule has 0 atom stereocenters. The maximum atomic E-state index is 14.2. The minimum Gasteiger partial charge on any atom is -0.497 e. The third-order valence-corrected chi connectivity index (χ3v) is 5.62. The summed E-state index contributed by atoms with van der Waals surface area (Å²) in [5.74, 6) is 1.38. The van der Waals surface area contributed by atoms with Crippen LogP contribution in [0.25, 0.3) is 5.69 Å². The standard InChI is InChI=1S/C23H24FN3O2S/c1-16-12-19(17(2)27(16)22-7-5-4-6-21(22)24)13-25-26-23(28)15-30-14-18-8-10-20(29-3)11-9-18/h4-13H,14-15H2,1-3H3,(H,26,28)/b25-13+. The number of aryl methyl sites for hydroxylation is 1. The van der Waals surface area contributed by atoms with Gasteiger partial charge in [-0.3, -0.25) is 4.79 Å². The highest BCUT2D eigenvalue weighted by Gasteiger charge is 2.12. The number of nitrogens with zero attached hydrogens (tertiary/aromatic N) is 2. The molecule has 30 heavy (non-hydrogen) atoms. The van der Waals surface area contributed by atoms with E-state index in [9.17, 15) is 9.18 Å². The summed E-state index contributed by atoms with van der Waals surface area (Å²) in [5, 5.41) is 4.06. The Labute approximate surface area is 179 Å². The number of hydrogen-bond acceptors (Lipinski definition) is 4. The van der Waals surface area contributed by atoms with Crippen molar-refractivity contribution in [3.05, 3.63) is 82.9 Å². The van der Waals surface area contributed by atoms with E-state index in [1.807, 2.05) is 48.7 Å². The van der Waals surface area contributed by atoms with E-state index in [1.54, 1.807) is 31.5 Å². The van der Waals surface area contributed by atoms with Gasteiger partial charge in [0.2, 0.25) is 5.91 Å². The molecular formula is C23H24FN3O2S. The molecule has 1 N–H and O–H groups in total. The molecule has 1 heterocycles. The second-order valence-electron chi connectivity index (χ2n) is 6.75. The summed E-state index contributed by atoms with van der Waals surface area (Å²) < 4.78 is 21.1. The predicted molar refractivity (Wildman–Crippen MR) is 120 cm³/mol. The largest absolute Gasteiger partial charge is 0.497 e. The molecule has 0 saturated heterocycles. The van der Waals surface area contributed by atoms with Crippen LogP contribution in [0.15, 0.2) is 59.7 Å². The molecule has 0 aliphatic carbocycles. The zero-order valence-corrected chi connectivity index (χ0v) is 18.0. The third kappa shape index (κ3) is 5.30. The number of amides is 1. The van der Waals surface area contributed by atoms with Crippen molar-refractivity contribution in [2.24, 2.45) is 5.10 Å². The molecule has 0 saturated carbocycles.